The average Bonchev–Trinajstić information content (AvgIpc) is 2.89. The van der Waals surface area contributed by atoms with Gasteiger partial charge >= 0.3 is 0 Å². The quantitative estimate of drug-likeness (QED) is 0.655. The van der Waals surface area contributed by atoms with E-state index in [0.29, 0.717) is 19.4 Å². The van der Waals surface area contributed by atoms with Crippen molar-refractivity contribution < 1.29 is 14.8 Å². The van der Waals surface area contributed by atoms with Gasteiger partial charge in [0.1, 0.15) is 5.72 Å². The first-order valence-electron chi connectivity index (χ1n) is 8.93. The largest absolute Gasteiger partial charge is 0.370 e. The van der Waals surface area contributed by atoms with Gasteiger partial charge in [-0.1, -0.05) is 25.1 Å². The monoisotopic (exact) mass is 346 g/mol. The molecular weight excluding hydrogens is 320 g/mol. The molecule has 6 heteroatoms. The van der Waals surface area contributed by atoms with Crippen LogP contribution in [0.15, 0.2) is 18.2 Å². The van der Waals surface area contributed by atoms with E-state index in [0.717, 1.165) is 5.56 Å². The summed E-state index contributed by atoms with van der Waals surface area (Å²) < 4.78 is 0. The van der Waals surface area contributed by atoms with Crippen molar-refractivity contribution in [3.8, 4) is 0 Å². The first kappa shape index (κ1) is 17.9. The number of rotatable bonds is 5. The number of benzene rings is 1. The van der Waals surface area contributed by atoms with Crippen LogP contribution in [0.1, 0.15) is 36.5 Å². The van der Waals surface area contributed by atoms with Crippen LogP contribution in [0.4, 0.5) is 0 Å². The van der Waals surface area contributed by atoms with E-state index in [1.807, 2.05) is 6.92 Å². The van der Waals surface area contributed by atoms with Crippen molar-refractivity contribution in [1.29, 1.82) is 0 Å². The summed E-state index contributed by atoms with van der Waals surface area (Å²) in [6.45, 7) is 6.34. The Balaban J connectivity index is 1.75. The maximum atomic E-state index is 12.5. The lowest BCUT2D eigenvalue weighted by molar-refractivity contribution is -0.491. The summed E-state index contributed by atoms with van der Waals surface area (Å²) in [7, 11) is 0. The molecule has 6 nitrogen and oxygen atoms in total. The summed E-state index contributed by atoms with van der Waals surface area (Å²) in [6, 6.07) is 6.24. The molecular formula is C19H26N2O4. The van der Waals surface area contributed by atoms with Crippen LogP contribution in [0.3, 0.4) is 0 Å². The Labute approximate surface area is 148 Å². The summed E-state index contributed by atoms with van der Waals surface area (Å²) in [6.07, 6.45) is 1.32. The minimum Gasteiger partial charge on any atom is -0.370 e. The molecule has 1 N–H and O–H groups in total. The molecule has 1 saturated carbocycles. The highest BCUT2D eigenvalue weighted by atomic mass is 16.6. The summed E-state index contributed by atoms with van der Waals surface area (Å²) in [5.41, 5.74) is 2.35. The lowest BCUT2D eigenvalue weighted by Crippen LogP contribution is -2.48. The lowest BCUT2D eigenvalue weighted by atomic mass is 9.88. The van der Waals surface area contributed by atoms with Gasteiger partial charge in [0.2, 0.25) is 12.5 Å². The van der Waals surface area contributed by atoms with E-state index in [2.05, 4.69) is 32.0 Å². The number of nitrogens with zero attached hydrogens (tertiary/aromatic N) is 2. The fourth-order valence-electron chi connectivity index (χ4n) is 4.65. The predicted molar refractivity (Wildman–Crippen MR) is 93.5 cm³/mol. The number of carbonyl (C=O) groups is 1. The van der Waals surface area contributed by atoms with E-state index in [1.54, 1.807) is 4.90 Å². The number of likely N-dealkylation sites (tertiary alicyclic amines) is 1. The van der Waals surface area contributed by atoms with Crippen LogP contribution in [0.25, 0.3) is 0 Å². The Hall–Kier alpha value is -1.95. The molecule has 25 heavy (non-hydrogen) atoms. The zero-order valence-electron chi connectivity index (χ0n) is 15.1. The topological polar surface area (TPSA) is 83.7 Å². The molecule has 2 aliphatic rings. The highest BCUT2D eigenvalue weighted by Gasteiger charge is 2.61. The van der Waals surface area contributed by atoms with Gasteiger partial charge in [-0.05, 0) is 49.3 Å². The molecule has 0 aromatic heterocycles. The van der Waals surface area contributed by atoms with Crippen LogP contribution in [0.5, 0.6) is 0 Å². The lowest BCUT2D eigenvalue weighted by Gasteiger charge is -2.34. The summed E-state index contributed by atoms with van der Waals surface area (Å²) in [4.78, 5) is 24.7. The Morgan fingerprint density at radius 2 is 2.08 bits per heavy atom. The minimum absolute atomic E-state index is 0.0395. The van der Waals surface area contributed by atoms with Gasteiger partial charge in [0.05, 0.1) is 0 Å². The molecule has 3 rings (SSSR count). The number of fused-ring (bicyclic) bond motifs is 1. The van der Waals surface area contributed by atoms with Crippen LogP contribution in [-0.4, -0.2) is 39.7 Å². The third kappa shape index (κ3) is 3.15. The van der Waals surface area contributed by atoms with Gasteiger partial charge in [-0.3, -0.25) is 14.9 Å². The van der Waals surface area contributed by atoms with Gasteiger partial charge in [-0.15, -0.1) is 0 Å². The van der Waals surface area contributed by atoms with E-state index in [1.165, 1.54) is 11.1 Å². The normalized spacial score (nSPS) is 31.4. The Morgan fingerprint density at radius 3 is 2.72 bits per heavy atom. The summed E-state index contributed by atoms with van der Waals surface area (Å²) >= 11 is 0. The molecule has 4 atom stereocenters. The average molecular weight is 346 g/mol. The zero-order chi connectivity index (χ0) is 18.4. The molecule has 0 spiro atoms. The molecule has 136 valence electrons. The fraction of sp³-hybridized carbons (Fsp3) is 0.632. The van der Waals surface area contributed by atoms with Crippen LogP contribution in [0.2, 0.25) is 0 Å². The van der Waals surface area contributed by atoms with Gasteiger partial charge in [-0.25, -0.2) is 0 Å². The number of aliphatic hydroxyl groups is 1. The Kier molecular flexibility index (Phi) is 4.58. The van der Waals surface area contributed by atoms with E-state index in [-0.39, 0.29) is 41.5 Å². The predicted octanol–water partition coefficient (Wildman–Crippen LogP) is 2.32. The second-order valence-electron chi connectivity index (χ2n) is 7.76. The maximum absolute atomic E-state index is 12.5. The minimum atomic E-state index is -1.23. The first-order valence-corrected chi connectivity index (χ1v) is 8.93. The summed E-state index contributed by atoms with van der Waals surface area (Å²) in [5, 5.41) is 22.1. The van der Waals surface area contributed by atoms with Crippen molar-refractivity contribution in [2.75, 3.05) is 13.1 Å². The summed E-state index contributed by atoms with van der Waals surface area (Å²) in [5.74, 6) is -0.620. The van der Waals surface area contributed by atoms with E-state index >= 15 is 0 Å². The van der Waals surface area contributed by atoms with Crippen molar-refractivity contribution in [3.63, 3.8) is 0 Å². The van der Waals surface area contributed by atoms with Gasteiger partial charge in [0.25, 0.3) is 0 Å². The zero-order valence-corrected chi connectivity index (χ0v) is 15.1. The van der Waals surface area contributed by atoms with Crippen LogP contribution in [-0.2, 0) is 11.2 Å². The van der Waals surface area contributed by atoms with Crippen molar-refractivity contribution in [1.82, 2.24) is 4.90 Å². The second-order valence-corrected chi connectivity index (χ2v) is 7.76. The van der Waals surface area contributed by atoms with E-state index in [4.69, 9.17) is 0 Å². The molecule has 0 radical (unpaired) electrons. The van der Waals surface area contributed by atoms with Crippen molar-refractivity contribution in [2.45, 2.75) is 45.8 Å². The van der Waals surface area contributed by atoms with Crippen LogP contribution >= 0.6 is 0 Å². The van der Waals surface area contributed by atoms with Crippen molar-refractivity contribution in [3.05, 3.63) is 45.0 Å². The van der Waals surface area contributed by atoms with Crippen molar-refractivity contribution >= 4 is 5.91 Å². The Bertz CT molecular complexity index is 705. The van der Waals surface area contributed by atoms with Crippen LogP contribution in [0, 0.1) is 41.7 Å². The number of hydrogen-bond acceptors (Lipinski definition) is 4. The van der Waals surface area contributed by atoms with Gasteiger partial charge in [0.15, 0.2) is 0 Å². The second kappa shape index (κ2) is 6.41. The maximum Gasteiger partial charge on any atom is 0.225 e. The third-order valence-corrected chi connectivity index (χ3v) is 6.18. The van der Waals surface area contributed by atoms with E-state index in [9.17, 15) is 20.0 Å². The molecule has 1 aromatic carbocycles. The first-order chi connectivity index (χ1) is 11.7. The smallest absolute Gasteiger partial charge is 0.225 e. The molecule has 1 aliphatic heterocycles. The molecule has 1 heterocycles. The van der Waals surface area contributed by atoms with Gasteiger partial charge in [0, 0.05) is 29.7 Å². The van der Waals surface area contributed by atoms with Crippen LogP contribution < -0.4 is 0 Å². The fourth-order valence-corrected chi connectivity index (χ4v) is 4.65. The highest BCUT2D eigenvalue weighted by molar-refractivity contribution is 5.80. The Morgan fingerprint density at radius 1 is 1.36 bits per heavy atom. The molecule has 1 aliphatic carbocycles. The molecule has 1 aromatic rings. The van der Waals surface area contributed by atoms with Gasteiger partial charge in [-0.2, -0.15) is 0 Å². The molecule has 1 saturated heterocycles. The van der Waals surface area contributed by atoms with Crippen molar-refractivity contribution in [2.24, 2.45) is 17.8 Å². The SMILES string of the molecule is Cc1ccc(CCN2C(=O)CC3[C@H](C[N+](=O)[O-])[C@@H](C)C[C@@]32O)cc1C. The standard InChI is InChI=1S/C19H26N2O4/c1-12-4-5-15(8-13(12)2)6-7-20-18(22)9-17-16(11-21(24)25)14(3)10-19(17,20)23/h4-5,8,14,16-17,23H,6-7,9-11H2,1-3H3/t14-,16+,17?,19+/m0/s1. The number of carbonyl (C=O) groups excluding carboxylic acids is 1. The highest BCUT2D eigenvalue weighted by Crippen LogP contribution is 2.52. The van der Waals surface area contributed by atoms with E-state index < -0.39 is 5.72 Å². The number of nitro groups is 1. The molecule has 1 unspecified atom stereocenters. The molecule has 2 fully saturated rings. The number of amides is 1. The molecule has 1 amide bonds. The third-order valence-electron chi connectivity index (χ3n) is 6.18. The number of aryl methyl sites for hydroxylation is 2. The van der Waals surface area contributed by atoms with Gasteiger partial charge < -0.3 is 10.0 Å². The molecule has 0 bridgehead atoms. The number of hydrogen-bond donors (Lipinski definition) is 1.